The normalized spacial score (nSPS) is 11.3. The number of carboxylic acids is 1. The molecule has 4 nitrogen and oxygen atoms in total. The lowest BCUT2D eigenvalue weighted by molar-refractivity contribution is -0.131. The van der Waals surface area contributed by atoms with Crippen molar-refractivity contribution in [3.8, 4) is 0 Å². The topological polar surface area (TPSA) is 55.1 Å². The number of aryl methyl sites for hydroxylation is 1. The third-order valence-electron chi connectivity index (χ3n) is 2.14. The van der Waals surface area contributed by atoms with Crippen molar-refractivity contribution >= 4 is 23.2 Å². The van der Waals surface area contributed by atoms with Gasteiger partial charge in [0.1, 0.15) is 5.82 Å². The zero-order valence-corrected chi connectivity index (χ0v) is 8.21. The molecule has 0 aliphatic rings. The molecule has 1 aromatic heterocycles. The summed E-state index contributed by atoms with van der Waals surface area (Å²) >= 11 is 0. The number of carboxylic acid groups (broad SMARTS) is 1. The Labute approximate surface area is 86.5 Å². The third kappa shape index (κ3) is 1.74. The lowest BCUT2D eigenvalue weighted by Gasteiger charge is -1.97. The molecule has 4 heteroatoms. The van der Waals surface area contributed by atoms with Crippen LogP contribution in [0.1, 0.15) is 5.82 Å². The molecule has 0 amide bonds. The van der Waals surface area contributed by atoms with Crippen LogP contribution in [0.4, 0.5) is 0 Å². The van der Waals surface area contributed by atoms with E-state index in [0.717, 1.165) is 22.9 Å². The first kappa shape index (κ1) is 9.45. The number of benzene rings is 1. The smallest absolute Gasteiger partial charge is 0.329 e. The Bertz CT molecular complexity index is 541. The zero-order valence-electron chi connectivity index (χ0n) is 8.21. The van der Waals surface area contributed by atoms with E-state index in [1.807, 2.05) is 31.2 Å². The van der Waals surface area contributed by atoms with E-state index >= 15 is 0 Å². The fourth-order valence-corrected chi connectivity index (χ4v) is 1.49. The van der Waals surface area contributed by atoms with Crippen LogP contribution in [0.5, 0.6) is 0 Å². The monoisotopic (exact) mass is 202 g/mol. The number of rotatable bonds is 2. The fraction of sp³-hybridized carbons (Fsp3) is 0.0909. The van der Waals surface area contributed by atoms with Crippen molar-refractivity contribution in [1.29, 1.82) is 0 Å². The molecule has 2 rings (SSSR count). The Hall–Kier alpha value is -2.10. The molecule has 0 saturated carbocycles. The summed E-state index contributed by atoms with van der Waals surface area (Å²) < 4.78 is 1.75. The Morgan fingerprint density at radius 3 is 2.93 bits per heavy atom. The highest BCUT2D eigenvalue weighted by Gasteiger charge is 2.03. The number of fused-ring (bicyclic) bond motifs is 1. The van der Waals surface area contributed by atoms with Gasteiger partial charge in [0.15, 0.2) is 0 Å². The van der Waals surface area contributed by atoms with Crippen LogP contribution in [-0.4, -0.2) is 20.6 Å². The van der Waals surface area contributed by atoms with E-state index in [1.54, 1.807) is 4.57 Å². The van der Waals surface area contributed by atoms with E-state index in [2.05, 4.69) is 4.98 Å². The molecule has 0 bridgehead atoms. The van der Waals surface area contributed by atoms with E-state index in [4.69, 9.17) is 5.11 Å². The number of hydrogen-bond acceptors (Lipinski definition) is 2. The molecule has 1 heterocycles. The lowest BCUT2D eigenvalue weighted by Crippen LogP contribution is -1.93. The van der Waals surface area contributed by atoms with E-state index in [-0.39, 0.29) is 0 Å². The van der Waals surface area contributed by atoms with Gasteiger partial charge in [-0.2, -0.15) is 0 Å². The van der Waals surface area contributed by atoms with Crippen molar-refractivity contribution in [3.63, 3.8) is 0 Å². The van der Waals surface area contributed by atoms with Crippen molar-refractivity contribution in [3.05, 3.63) is 36.2 Å². The Balaban J connectivity index is 2.59. The predicted octanol–water partition coefficient (Wildman–Crippen LogP) is 1.90. The summed E-state index contributed by atoms with van der Waals surface area (Å²) in [5.74, 6) is -0.194. The number of para-hydroxylation sites is 2. The quantitative estimate of drug-likeness (QED) is 0.756. The summed E-state index contributed by atoms with van der Waals surface area (Å²) in [6.45, 7) is 1.84. The van der Waals surface area contributed by atoms with Gasteiger partial charge in [-0.25, -0.2) is 9.78 Å². The molecule has 2 aromatic rings. The maximum atomic E-state index is 10.4. The van der Waals surface area contributed by atoms with Gasteiger partial charge in [0, 0.05) is 12.3 Å². The molecule has 0 fully saturated rings. The van der Waals surface area contributed by atoms with Gasteiger partial charge in [0.05, 0.1) is 11.0 Å². The van der Waals surface area contributed by atoms with Crippen molar-refractivity contribution in [2.45, 2.75) is 6.92 Å². The average molecular weight is 202 g/mol. The summed E-state index contributed by atoms with van der Waals surface area (Å²) in [6.07, 6.45) is 2.61. The summed E-state index contributed by atoms with van der Waals surface area (Å²) in [5, 5.41) is 8.55. The molecule has 0 aliphatic carbocycles. The van der Waals surface area contributed by atoms with E-state index in [9.17, 15) is 4.79 Å². The first-order valence-electron chi connectivity index (χ1n) is 4.53. The van der Waals surface area contributed by atoms with Gasteiger partial charge in [0.2, 0.25) is 0 Å². The Morgan fingerprint density at radius 1 is 1.47 bits per heavy atom. The molecular weight excluding hydrogens is 192 g/mol. The minimum Gasteiger partial charge on any atom is -0.478 e. The van der Waals surface area contributed by atoms with Gasteiger partial charge < -0.3 is 9.67 Å². The number of aliphatic carboxylic acids is 1. The van der Waals surface area contributed by atoms with Gasteiger partial charge in [-0.15, -0.1) is 0 Å². The second-order valence-corrected chi connectivity index (χ2v) is 3.17. The zero-order chi connectivity index (χ0) is 10.8. The second-order valence-electron chi connectivity index (χ2n) is 3.17. The van der Waals surface area contributed by atoms with Gasteiger partial charge in [-0.3, -0.25) is 0 Å². The van der Waals surface area contributed by atoms with E-state index in [1.165, 1.54) is 6.20 Å². The number of aromatic nitrogens is 2. The highest BCUT2D eigenvalue weighted by Crippen LogP contribution is 2.15. The van der Waals surface area contributed by atoms with Crippen molar-refractivity contribution in [2.75, 3.05) is 0 Å². The van der Waals surface area contributed by atoms with Gasteiger partial charge in [-0.1, -0.05) is 12.1 Å². The molecule has 76 valence electrons. The fourth-order valence-electron chi connectivity index (χ4n) is 1.49. The summed E-state index contributed by atoms with van der Waals surface area (Å²) in [4.78, 5) is 14.7. The molecule has 1 N–H and O–H groups in total. The van der Waals surface area contributed by atoms with Crippen LogP contribution in [0.3, 0.4) is 0 Å². The molecule has 0 atom stereocenters. The van der Waals surface area contributed by atoms with Gasteiger partial charge in [0.25, 0.3) is 0 Å². The van der Waals surface area contributed by atoms with Crippen LogP contribution >= 0.6 is 0 Å². The first-order valence-corrected chi connectivity index (χ1v) is 4.53. The molecule has 1 aromatic carbocycles. The second kappa shape index (κ2) is 3.57. The minimum absolute atomic E-state index is 0.772. The van der Waals surface area contributed by atoms with Crippen LogP contribution < -0.4 is 0 Å². The highest BCUT2D eigenvalue weighted by atomic mass is 16.4. The molecule has 0 unspecified atom stereocenters. The molecule has 0 spiro atoms. The SMILES string of the molecule is Cc1nc2ccccc2n1/C=C/C(=O)O. The van der Waals surface area contributed by atoms with Gasteiger partial charge >= 0.3 is 5.97 Å². The molecule has 15 heavy (non-hydrogen) atoms. The largest absolute Gasteiger partial charge is 0.478 e. The van der Waals surface area contributed by atoms with Crippen LogP contribution in [0.25, 0.3) is 17.2 Å². The average Bonchev–Trinajstić information content (AvgIpc) is 2.50. The summed E-state index contributed by atoms with van der Waals surface area (Å²) in [5.41, 5.74) is 1.78. The molecular formula is C11H10N2O2. The number of imidazole rings is 1. The third-order valence-corrected chi connectivity index (χ3v) is 2.14. The lowest BCUT2D eigenvalue weighted by atomic mass is 10.3. The van der Waals surface area contributed by atoms with E-state index < -0.39 is 5.97 Å². The predicted molar refractivity (Wildman–Crippen MR) is 57.4 cm³/mol. The Morgan fingerprint density at radius 2 is 2.20 bits per heavy atom. The number of nitrogens with zero attached hydrogens (tertiary/aromatic N) is 2. The van der Waals surface area contributed by atoms with Crippen LogP contribution in [-0.2, 0) is 4.79 Å². The van der Waals surface area contributed by atoms with Crippen LogP contribution in [0, 0.1) is 6.92 Å². The van der Waals surface area contributed by atoms with Crippen LogP contribution in [0.2, 0.25) is 0 Å². The molecule has 0 saturated heterocycles. The minimum atomic E-state index is -0.966. The van der Waals surface area contributed by atoms with Crippen molar-refractivity contribution in [2.24, 2.45) is 0 Å². The maximum absolute atomic E-state index is 10.4. The number of hydrogen-bond donors (Lipinski definition) is 1. The van der Waals surface area contributed by atoms with Crippen molar-refractivity contribution < 1.29 is 9.90 Å². The van der Waals surface area contributed by atoms with Crippen LogP contribution in [0.15, 0.2) is 30.3 Å². The summed E-state index contributed by atoms with van der Waals surface area (Å²) in [7, 11) is 0. The Kier molecular flexibility index (Phi) is 2.25. The highest BCUT2D eigenvalue weighted by molar-refractivity contribution is 5.85. The number of carbonyl (C=O) groups is 1. The van der Waals surface area contributed by atoms with Gasteiger partial charge in [-0.05, 0) is 19.1 Å². The van der Waals surface area contributed by atoms with Crippen molar-refractivity contribution in [1.82, 2.24) is 9.55 Å². The van der Waals surface area contributed by atoms with E-state index in [0.29, 0.717) is 0 Å². The molecule has 0 radical (unpaired) electrons. The molecule has 0 aliphatic heterocycles. The standard InChI is InChI=1S/C11H10N2O2/c1-8-12-9-4-2-3-5-10(9)13(8)7-6-11(14)15/h2-7H,1H3,(H,14,15)/b7-6+. The maximum Gasteiger partial charge on any atom is 0.329 e. The summed E-state index contributed by atoms with van der Waals surface area (Å²) in [6, 6.07) is 7.60. The first-order chi connectivity index (χ1) is 7.18.